The Bertz CT molecular complexity index is 1970. The number of β-amino-alcohol motifs (C(OH)–C–C–N with tert-alkyl or cyclic N) is 1. The number of nitrogens with zero attached hydrogens (tertiary/aromatic N) is 4. The predicted molar refractivity (Wildman–Crippen MR) is 221 cm³/mol. The van der Waals surface area contributed by atoms with Crippen molar-refractivity contribution in [1.82, 2.24) is 29.7 Å². The Hall–Kier alpha value is -3.98. The molecule has 0 fully saturated rings. The van der Waals surface area contributed by atoms with Gasteiger partial charge in [-0.25, -0.2) is 18.4 Å². The molecule has 11 nitrogen and oxygen atoms in total. The maximum atomic E-state index is 12.7. The third-order valence-electron chi connectivity index (χ3n) is 9.39. The van der Waals surface area contributed by atoms with E-state index in [1.807, 2.05) is 77.8 Å². The Morgan fingerprint density at radius 1 is 0.800 bits per heavy atom. The molecule has 0 bridgehead atoms. The number of nitrogens with one attached hydrogen (secondary N) is 2. The van der Waals surface area contributed by atoms with Gasteiger partial charge in [-0.15, -0.1) is 11.8 Å². The first kappa shape index (κ1) is 43.7. The number of hydrogen-bond donors (Lipinski definition) is 4. The Labute approximate surface area is 331 Å². The van der Waals surface area contributed by atoms with Gasteiger partial charge in [-0.05, 0) is 113 Å². The van der Waals surface area contributed by atoms with E-state index >= 15 is 0 Å². The van der Waals surface area contributed by atoms with Crippen molar-refractivity contribution < 1.29 is 23.4 Å². The zero-order chi connectivity index (χ0) is 40.1. The summed E-state index contributed by atoms with van der Waals surface area (Å²) in [6, 6.07) is 21.4. The van der Waals surface area contributed by atoms with Gasteiger partial charge in [0, 0.05) is 53.9 Å². The number of sulfone groups is 1. The second-order valence-corrected chi connectivity index (χ2v) is 18.1. The first-order chi connectivity index (χ1) is 26.0. The van der Waals surface area contributed by atoms with Gasteiger partial charge in [0.05, 0.1) is 48.6 Å². The monoisotopic (exact) mass is 790 g/mol. The van der Waals surface area contributed by atoms with Crippen LogP contribution in [-0.4, -0.2) is 87.2 Å². The summed E-state index contributed by atoms with van der Waals surface area (Å²) < 4.78 is 35.0. The molecule has 5 aromatic rings. The molecule has 0 saturated heterocycles. The molecule has 3 aromatic carbocycles. The largest absolute Gasteiger partial charge is 0.492 e. The van der Waals surface area contributed by atoms with Crippen LogP contribution >= 0.6 is 11.8 Å². The zero-order valence-corrected chi connectivity index (χ0v) is 34.8. The van der Waals surface area contributed by atoms with Crippen molar-refractivity contribution in [3.05, 3.63) is 126 Å². The molecule has 2 aromatic heterocycles. The minimum atomic E-state index is -3.32. The van der Waals surface area contributed by atoms with Gasteiger partial charge >= 0.3 is 0 Å². The molecular weight excluding hydrogens is 733 g/mol. The summed E-state index contributed by atoms with van der Waals surface area (Å²) in [5.41, 5.74) is 3.57. The molecule has 55 heavy (non-hydrogen) atoms. The van der Waals surface area contributed by atoms with E-state index in [1.165, 1.54) is 4.90 Å². The molecule has 298 valence electrons. The summed E-state index contributed by atoms with van der Waals surface area (Å²) in [5, 5.41) is 27.1. The fourth-order valence-corrected chi connectivity index (χ4v) is 7.41. The molecule has 5 rings (SSSR count). The lowest BCUT2D eigenvalue weighted by atomic mass is 9.93. The SMILES string of the molecule is CSc1ccc(OCC(C)(C)NCC(O)Cn2ccnc2)cc1.Cc1ccc(S(=O)(=O)CCc2ccc(C(C)(C)NCC(O)Cn3ccnc3)cc2)cc1C. The third-order valence-corrected chi connectivity index (χ3v) is 11.8. The molecule has 0 aliphatic carbocycles. The number of aliphatic hydroxyl groups is 2. The molecule has 0 aliphatic rings. The topological polar surface area (TPSA) is 144 Å². The van der Waals surface area contributed by atoms with Crippen molar-refractivity contribution >= 4 is 21.6 Å². The fraction of sp³-hybridized carbons (Fsp3) is 0.429. The van der Waals surface area contributed by atoms with E-state index in [4.69, 9.17) is 4.74 Å². The van der Waals surface area contributed by atoms with Crippen LogP contribution in [0.4, 0.5) is 0 Å². The molecule has 0 aliphatic heterocycles. The smallest absolute Gasteiger partial charge is 0.178 e. The maximum Gasteiger partial charge on any atom is 0.178 e. The predicted octanol–water partition coefficient (Wildman–Crippen LogP) is 5.82. The number of rotatable bonds is 19. The quantitative estimate of drug-likeness (QED) is 0.0757. The lowest BCUT2D eigenvalue weighted by molar-refractivity contribution is 0.127. The van der Waals surface area contributed by atoms with Gasteiger partial charge in [-0.3, -0.25) is 0 Å². The summed E-state index contributed by atoms with van der Waals surface area (Å²) in [7, 11) is -3.32. The minimum absolute atomic E-state index is 0.0803. The van der Waals surface area contributed by atoms with Gasteiger partial charge in [-0.1, -0.05) is 30.3 Å². The van der Waals surface area contributed by atoms with E-state index in [0.717, 1.165) is 28.0 Å². The Kier molecular flexibility index (Phi) is 16.1. The van der Waals surface area contributed by atoms with E-state index in [9.17, 15) is 18.6 Å². The van der Waals surface area contributed by atoms with Crippen molar-refractivity contribution in [3.63, 3.8) is 0 Å². The van der Waals surface area contributed by atoms with Crippen molar-refractivity contribution in [3.8, 4) is 5.75 Å². The first-order valence-electron chi connectivity index (χ1n) is 18.5. The highest BCUT2D eigenvalue weighted by Gasteiger charge is 2.22. The van der Waals surface area contributed by atoms with E-state index < -0.39 is 22.0 Å². The molecule has 2 heterocycles. The van der Waals surface area contributed by atoms with E-state index in [0.29, 0.717) is 44.1 Å². The van der Waals surface area contributed by atoms with Crippen LogP contribution in [0.1, 0.15) is 49.9 Å². The van der Waals surface area contributed by atoms with Crippen molar-refractivity contribution in [2.75, 3.05) is 31.7 Å². The van der Waals surface area contributed by atoms with Crippen LogP contribution in [0.5, 0.6) is 5.75 Å². The van der Waals surface area contributed by atoms with Crippen LogP contribution in [0.25, 0.3) is 0 Å². The number of ether oxygens (including phenoxy) is 1. The van der Waals surface area contributed by atoms with Gasteiger partial charge in [0.15, 0.2) is 9.84 Å². The number of aliphatic hydroxyl groups excluding tert-OH is 2. The van der Waals surface area contributed by atoms with Crippen molar-refractivity contribution in [1.29, 1.82) is 0 Å². The Morgan fingerprint density at radius 2 is 1.38 bits per heavy atom. The lowest BCUT2D eigenvalue weighted by Crippen LogP contribution is -2.48. The van der Waals surface area contributed by atoms with E-state index in [1.54, 1.807) is 48.9 Å². The molecule has 0 saturated carbocycles. The van der Waals surface area contributed by atoms with E-state index in [-0.39, 0.29) is 16.8 Å². The van der Waals surface area contributed by atoms with E-state index in [2.05, 4.69) is 66.7 Å². The number of thioether (sulfide) groups is 1. The molecule has 0 amide bonds. The number of hydrogen-bond acceptors (Lipinski definition) is 10. The number of aromatic nitrogens is 4. The van der Waals surface area contributed by atoms with Gasteiger partial charge in [0.25, 0.3) is 0 Å². The summed E-state index contributed by atoms with van der Waals surface area (Å²) in [6.45, 7) is 14.7. The Morgan fingerprint density at radius 3 is 1.91 bits per heavy atom. The van der Waals surface area contributed by atoms with Crippen molar-refractivity contribution in [2.45, 2.75) is 94.1 Å². The molecule has 4 N–H and O–H groups in total. The summed E-state index contributed by atoms with van der Waals surface area (Å²) in [5.74, 6) is 0.938. The molecule has 2 unspecified atom stereocenters. The number of benzene rings is 3. The van der Waals surface area contributed by atoms with Crippen LogP contribution in [0, 0.1) is 13.8 Å². The van der Waals surface area contributed by atoms with Gasteiger partial charge in [0.2, 0.25) is 0 Å². The van der Waals surface area contributed by atoms with Crippen LogP contribution in [0.15, 0.2) is 114 Å². The standard InChI is InChI=1S/C25H33N3O3S.C17H25N3O2S/c1-19-5-10-24(15-20(19)2)32(30,31)14-11-21-6-8-22(9-7-21)25(3,4)27-16-23(29)17-28-13-12-26-18-28;1-17(2,12-22-15-4-6-16(23-3)7-5-15)19-10-14(21)11-20-9-8-18-13-20/h5-10,12-13,15,18,23,27,29H,11,14,16-17H2,1-4H3;4-9,13-14,19,21H,10-12H2,1-3H3. The molecule has 0 spiro atoms. The molecule has 13 heteroatoms. The first-order valence-corrected chi connectivity index (χ1v) is 21.4. The zero-order valence-electron chi connectivity index (χ0n) is 33.1. The van der Waals surface area contributed by atoms with Crippen LogP contribution < -0.4 is 15.4 Å². The van der Waals surface area contributed by atoms with Gasteiger partial charge in [-0.2, -0.15) is 0 Å². The Balaban J connectivity index is 0.000000258. The normalized spacial score (nSPS) is 13.2. The van der Waals surface area contributed by atoms with Crippen molar-refractivity contribution in [2.24, 2.45) is 0 Å². The summed E-state index contributed by atoms with van der Waals surface area (Å²) in [6.07, 6.45) is 12.0. The summed E-state index contributed by atoms with van der Waals surface area (Å²) in [4.78, 5) is 9.56. The second kappa shape index (κ2) is 20.3. The highest BCUT2D eigenvalue weighted by molar-refractivity contribution is 7.98. The second-order valence-electron chi connectivity index (χ2n) is 15.1. The average Bonchev–Trinajstić information content (AvgIpc) is 3.88. The highest BCUT2D eigenvalue weighted by atomic mass is 32.2. The number of aryl methyl sites for hydroxylation is 3. The lowest BCUT2D eigenvalue weighted by Gasteiger charge is -2.28. The van der Waals surface area contributed by atoms with Crippen LogP contribution in [0.2, 0.25) is 0 Å². The summed E-state index contributed by atoms with van der Waals surface area (Å²) >= 11 is 1.71. The highest BCUT2D eigenvalue weighted by Crippen LogP contribution is 2.23. The van der Waals surface area contributed by atoms with Crippen LogP contribution in [0.3, 0.4) is 0 Å². The van der Waals surface area contributed by atoms with Crippen LogP contribution in [-0.2, 0) is 34.9 Å². The number of imidazole rings is 2. The van der Waals surface area contributed by atoms with Gasteiger partial charge in [0.1, 0.15) is 12.4 Å². The van der Waals surface area contributed by atoms with Gasteiger partial charge < -0.3 is 34.7 Å². The third kappa shape index (κ3) is 14.6. The fourth-order valence-electron chi connectivity index (χ4n) is 5.63. The molecular formula is C42H58N6O5S2. The average molecular weight is 791 g/mol. The maximum absolute atomic E-state index is 12.7. The molecule has 0 radical (unpaired) electrons. The molecule has 2 atom stereocenters. The minimum Gasteiger partial charge on any atom is -0.492 e.